The summed E-state index contributed by atoms with van der Waals surface area (Å²) in [6.45, 7) is 0. The van der Waals surface area contributed by atoms with Gasteiger partial charge in [-0.25, -0.2) is 14.8 Å². The Balaban J connectivity index is 2.37. The van der Waals surface area contributed by atoms with Gasteiger partial charge in [-0.2, -0.15) is 0 Å². The Kier molecular flexibility index (Phi) is 2.52. The summed E-state index contributed by atoms with van der Waals surface area (Å²) < 4.78 is 1.79. The Morgan fingerprint density at radius 1 is 1.16 bits per heavy atom. The van der Waals surface area contributed by atoms with Crippen molar-refractivity contribution >= 4 is 17.0 Å². The Hall–Kier alpha value is -2.69. The van der Waals surface area contributed by atoms with Crippen LogP contribution < -0.4 is 0 Å². The fourth-order valence-corrected chi connectivity index (χ4v) is 2.05. The molecule has 5 nitrogen and oxygen atoms in total. The van der Waals surface area contributed by atoms with Gasteiger partial charge in [-0.05, 0) is 6.07 Å². The maximum Gasteiger partial charge on any atom is 0.374 e. The first-order chi connectivity index (χ1) is 9.16. The molecule has 2 aromatic heterocycles. The molecule has 3 rings (SSSR count). The molecule has 0 spiro atoms. The number of aryl methyl sites for hydroxylation is 1. The van der Waals surface area contributed by atoms with Crippen LogP contribution in [0.4, 0.5) is 0 Å². The Bertz CT molecular complexity index is 763. The molecule has 0 aliphatic heterocycles. The number of hydrogen-bond acceptors (Lipinski definition) is 3. The summed E-state index contributed by atoms with van der Waals surface area (Å²) >= 11 is 0. The third-order valence-electron chi connectivity index (χ3n) is 2.96. The van der Waals surface area contributed by atoms with E-state index in [0.29, 0.717) is 11.3 Å². The molecule has 1 aromatic carbocycles. The first-order valence-electron chi connectivity index (χ1n) is 5.78. The number of benzene rings is 1. The zero-order valence-corrected chi connectivity index (χ0v) is 10.2. The van der Waals surface area contributed by atoms with Gasteiger partial charge in [0.25, 0.3) is 0 Å². The largest absolute Gasteiger partial charge is 0.475 e. The normalized spacial score (nSPS) is 10.8. The minimum atomic E-state index is -1.12. The molecule has 0 aliphatic rings. The van der Waals surface area contributed by atoms with Crippen molar-refractivity contribution in [3.05, 3.63) is 48.4 Å². The number of carbonyl (C=O) groups is 1. The van der Waals surface area contributed by atoms with Crippen molar-refractivity contribution < 1.29 is 9.90 Å². The second-order valence-electron chi connectivity index (χ2n) is 4.23. The van der Waals surface area contributed by atoms with Crippen molar-refractivity contribution in [2.45, 2.75) is 0 Å². The molecule has 0 radical (unpaired) electrons. The molecule has 1 N–H and O–H groups in total. The maximum absolute atomic E-state index is 11.1. The van der Waals surface area contributed by atoms with E-state index in [2.05, 4.69) is 9.97 Å². The number of carboxylic acids is 1. The van der Waals surface area contributed by atoms with E-state index in [9.17, 15) is 4.79 Å². The minimum Gasteiger partial charge on any atom is -0.475 e. The van der Waals surface area contributed by atoms with Gasteiger partial charge >= 0.3 is 5.97 Å². The van der Waals surface area contributed by atoms with Crippen LogP contribution >= 0.6 is 0 Å². The van der Waals surface area contributed by atoms with Crippen LogP contribution in [0.5, 0.6) is 0 Å². The smallest absolute Gasteiger partial charge is 0.374 e. The molecule has 3 aromatic rings. The first kappa shape index (κ1) is 11.4. The molecule has 0 saturated heterocycles. The molecule has 5 heteroatoms. The number of rotatable bonds is 2. The zero-order valence-electron chi connectivity index (χ0n) is 10.2. The van der Waals surface area contributed by atoms with Gasteiger partial charge in [0.15, 0.2) is 0 Å². The van der Waals surface area contributed by atoms with Crippen molar-refractivity contribution in [3.63, 3.8) is 0 Å². The van der Waals surface area contributed by atoms with Crippen molar-refractivity contribution in [2.75, 3.05) is 0 Å². The zero-order chi connectivity index (χ0) is 13.4. The van der Waals surface area contributed by atoms with Crippen molar-refractivity contribution in [2.24, 2.45) is 7.05 Å². The van der Waals surface area contributed by atoms with E-state index in [1.165, 1.54) is 0 Å². The number of fused-ring (bicyclic) bond motifs is 1. The quantitative estimate of drug-likeness (QED) is 0.761. The number of hydrogen-bond donors (Lipinski definition) is 1. The Labute approximate surface area is 109 Å². The van der Waals surface area contributed by atoms with E-state index < -0.39 is 5.97 Å². The molecular formula is C14H11N3O2. The third-order valence-corrected chi connectivity index (χ3v) is 2.96. The lowest BCUT2D eigenvalue weighted by molar-refractivity contribution is 0.0684. The lowest BCUT2D eigenvalue weighted by Gasteiger charge is -2.05. The third kappa shape index (κ3) is 1.85. The average Bonchev–Trinajstić information content (AvgIpc) is 2.80. The number of nitrogens with zero attached hydrogens (tertiary/aromatic N) is 3. The van der Waals surface area contributed by atoms with Gasteiger partial charge in [-0.15, -0.1) is 0 Å². The van der Waals surface area contributed by atoms with Crippen LogP contribution in [0, 0.1) is 0 Å². The van der Waals surface area contributed by atoms with Gasteiger partial charge in [0.2, 0.25) is 5.82 Å². The summed E-state index contributed by atoms with van der Waals surface area (Å²) in [7, 11) is 1.83. The van der Waals surface area contributed by atoms with Crippen LogP contribution in [-0.4, -0.2) is 25.6 Å². The molecule has 0 amide bonds. The van der Waals surface area contributed by atoms with Gasteiger partial charge in [0.1, 0.15) is 5.65 Å². The Morgan fingerprint density at radius 2 is 1.89 bits per heavy atom. The van der Waals surface area contributed by atoms with Crippen LogP contribution in [0.25, 0.3) is 22.3 Å². The molecule has 0 unspecified atom stereocenters. The monoisotopic (exact) mass is 253 g/mol. The van der Waals surface area contributed by atoms with Crippen LogP contribution in [0.15, 0.2) is 42.6 Å². The van der Waals surface area contributed by atoms with Crippen molar-refractivity contribution in [1.29, 1.82) is 0 Å². The fraction of sp³-hybridized carbons (Fsp3) is 0.0714. The second kappa shape index (κ2) is 4.20. The topological polar surface area (TPSA) is 68.0 Å². The summed E-state index contributed by atoms with van der Waals surface area (Å²) in [6.07, 6.45) is 1.84. The highest BCUT2D eigenvalue weighted by Crippen LogP contribution is 2.26. The first-order valence-corrected chi connectivity index (χ1v) is 5.78. The number of aromatic nitrogens is 3. The summed E-state index contributed by atoms with van der Waals surface area (Å²) in [4.78, 5) is 19.4. The van der Waals surface area contributed by atoms with Crippen molar-refractivity contribution in [1.82, 2.24) is 14.5 Å². The molecule has 94 valence electrons. The summed E-state index contributed by atoms with van der Waals surface area (Å²) in [5.74, 6) is -1.31. The molecule has 0 bridgehead atoms. The highest BCUT2D eigenvalue weighted by atomic mass is 16.4. The number of carboxylic acid groups (broad SMARTS) is 1. The molecule has 0 saturated carbocycles. The van der Waals surface area contributed by atoms with Crippen LogP contribution in [0.1, 0.15) is 10.6 Å². The predicted molar refractivity (Wildman–Crippen MR) is 70.9 cm³/mol. The van der Waals surface area contributed by atoms with Crippen molar-refractivity contribution in [3.8, 4) is 11.3 Å². The van der Waals surface area contributed by atoms with Crippen LogP contribution in [-0.2, 0) is 7.05 Å². The second-order valence-corrected chi connectivity index (χ2v) is 4.23. The molecule has 2 heterocycles. The van der Waals surface area contributed by atoms with Gasteiger partial charge < -0.3 is 9.67 Å². The fourth-order valence-electron chi connectivity index (χ4n) is 2.05. The van der Waals surface area contributed by atoms with Gasteiger partial charge in [0.05, 0.1) is 5.69 Å². The SMILES string of the molecule is Cn1ccc2c(-c3ccccc3)nc(C(=O)O)nc21. The summed E-state index contributed by atoms with van der Waals surface area (Å²) in [5, 5.41) is 9.96. The predicted octanol–water partition coefficient (Wildman–Crippen LogP) is 2.33. The highest BCUT2D eigenvalue weighted by molar-refractivity contribution is 5.94. The molecular weight excluding hydrogens is 242 g/mol. The Morgan fingerprint density at radius 3 is 2.58 bits per heavy atom. The molecule has 0 atom stereocenters. The highest BCUT2D eigenvalue weighted by Gasteiger charge is 2.15. The van der Waals surface area contributed by atoms with Gasteiger partial charge in [-0.3, -0.25) is 0 Å². The van der Waals surface area contributed by atoms with Crippen LogP contribution in [0.3, 0.4) is 0 Å². The summed E-state index contributed by atoms with van der Waals surface area (Å²) in [6, 6.07) is 11.4. The molecule has 19 heavy (non-hydrogen) atoms. The molecule has 0 aliphatic carbocycles. The van der Waals surface area contributed by atoms with E-state index >= 15 is 0 Å². The van der Waals surface area contributed by atoms with E-state index in [-0.39, 0.29) is 5.82 Å². The summed E-state index contributed by atoms with van der Waals surface area (Å²) in [5.41, 5.74) is 2.14. The van der Waals surface area contributed by atoms with Gasteiger partial charge in [-0.1, -0.05) is 30.3 Å². The average molecular weight is 253 g/mol. The van der Waals surface area contributed by atoms with E-state index in [0.717, 1.165) is 10.9 Å². The lowest BCUT2D eigenvalue weighted by atomic mass is 10.1. The van der Waals surface area contributed by atoms with Crippen LogP contribution in [0.2, 0.25) is 0 Å². The van der Waals surface area contributed by atoms with Gasteiger partial charge in [0, 0.05) is 24.2 Å². The number of aromatic carboxylic acids is 1. The standard InChI is InChI=1S/C14H11N3O2/c1-17-8-7-10-11(9-5-3-2-4-6-9)15-12(14(18)19)16-13(10)17/h2-8H,1H3,(H,18,19). The lowest BCUT2D eigenvalue weighted by Crippen LogP contribution is -2.06. The maximum atomic E-state index is 11.1. The van der Waals surface area contributed by atoms with E-state index in [1.807, 2.05) is 49.6 Å². The minimum absolute atomic E-state index is 0.187. The van der Waals surface area contributed by atoms with E-state index in [4.69, 9.17) is 5.11 Å². The van der Waals surface area contributed by atoms with E-state index in [1.54, 1.807) is 4.57 Å². The molecule has 0 fully saturated rings.